The van der Waals surface area contributed by atoms with E-state index in [2.05, 4.69) is 15.3 Å². The van der Waals surface area contributed by atoms with Gasteiger partial charge in [-0.1, -0.05) is 18.2 Å². The molecule has 2 aliphatic rings. The lowest BCUT2D eigenvalue weighted by atomic mass is 9.93. The van der Waals surface area contributed by atoms with Gasteiger partial charge in [0.1, 0.15) is 11.6 Å². The third-order valence-electron chi connectivity index (χ3n) is 5.87. The van der Waals surface area contributed by atoms with Crippen molar-refractivity contribution >= 4 is 11.7 Å². The van der Waals surface area contributed by atoms with Gasteiger partial charge in [0, 0.05) is 11.8 Å². The lowest BCUT2D eigenvalue weighted by Gasteiger charge is -2.17. The molecule has 0 unspecified atom stereocenters. The number of amides is 1. The first-order chi connectivity index (χ1) is 14.8. The summed E-state index contributed by atoms with van der Waals surface area (Å²) in [5, 5.41) is 2.83. The molecule has 3 heterocycles. The van der Waals surface area contributed by atoms with Crippen LogP contribution in [0.2, 0.25) is 0 Å². The number of hydrogen-bond acceptors (Lipinski definition) is 4. The van der Waals surface area contributed by atoms with E-state index in [1.54, 1.807) is 48.7 Å². The highest BCUT2D eigenvalue weighted by molar-refractivity contribution is 6.01. The lowest BCUT2D eigenvalue weighted by Crippen LogP contribution is -2.28. The summed E-state index contributed by atoms with van der Waals surface area (Å²) >= 11 is 0. The molecule has 1 aliphatic heterocycles. The van der Waals surface area contributed by atoms with E-state index in [0.29, 0.717) is 41.0 Å². The van der Waals surface area contributed by atoms with E-state index >= 15 is 0 Å². The molecule has 2 N–H and O–H groups in total. The van der Waals surface area contributed by atoms with Crippen molar-refractivity contribution in [3.63, 3.8) is 0 Å². The molecule has 1 amide bonds. The first kappa shape index (κ1) is 19.4. The van der Waals surface area contributed by atoms with Crippen LogP contribution in [0.1, 0.15) is 29.5 Å². The number of carbonyl (C=O) groups is 1. The molecule has 0 spiro atoms. The maximum Gasteiger partial charge on any atom is 0.402 e. The fraction of sp³-hybridized carbons (Fsp3) is 0.261. The van der Waals surface area contributed by atoms with Gasteiger partial charge in [-0.25, -0.2) is 4.98 Å². The Morgan fingerprint density at radius 2 is 2.00 bits per heavy atom. The zero-order chi connectivity index (χ0) is 21.8. The SMILES string of the molecule is Cc1ccc(NC(=O)C2(c3ccc4c(c3)OC(F)(F)C4)CC2)nc1-c1ccc[nH]c1=O. The van der Waals surface area contributed by atoms with Gasteiger partial charge in [0.25, 0.3) is 5.56 Å². The highest BCUT2D eigenvalue weighted by Crippen LogP contribution is 2.51. The number of hydrogen-bond donors (Lipinski definition) is 2. The minimum atomic E-state index is -3.21. The molecule has 0 bridgehead atoms. The van der Waals surface area contributed by atoms with Crippen molar-refractivity contribution in [2.75, 3.05) is 5.32 Å². The number of fused-ring (bicyclic) bond motifs is 1. The molecule has 2 aromatic heterocycles. The van der Waals surface area contributed by atoms with Crippen LogP contribution in [0.5, 0.6) is 5.75 Å². The number of rotatable bonds is 4. The Labute approximate surface area is 176 Å². The lowest BCUT2D eigenvalue weighted by molar-refractivity contribution is -0.159. The molecule has 158 valence electrons. The average molecular weight is 423 g/mol. The molecule has 0 saturated heterocycles. The standard InChI is InChI=1S/C23H19F2N3O3/c1-13-4-7-18(27-19(13)16-3-2-10-26-20(16)29)28-21(30)22(8-9-22)15-6-5-14-12-23(24,25)31-17(14)11-15/h2-7,10-11H,8-9,12H2,1H3,(H,26,29)(H,27,28,30). The van der Waals surface area contributed by atoms with Crippen LogP contribution in [0, 0.1) is 6.92 Å². The monoisotopic (exact) mass is 423 g/mol. The summed E-state index contributed by atoms with van der Waals surface area (Å²) < 4.78 is 31.8. The highest BCUT2D eigenvalue weighted by atomic mass is 19.3. The molecular formula is C23H19F2N3O3. The van der Waals surface area contributed by atoms with Gasteiger partial charge < -0.3 is 15.0 Å². The fourth-order valence-corrected chi connectivity index (χ4v) is 4.00. The second-order valence-electron chi connectivity index (χ2n) is 8.05. The summed E-state index contributed by atoms with van der Waals surface area (Å²) in [7, 11) is 0. The van der Waals surface area contributed by atoms with Crippen molar-refractivity contribution in [1.82, 2.24) is 9.97 Å². The van der Waals surface area contributed by atoms with Crippen LogP contribution in [-0.4, -0.2) is 22.0 Å². The van der Waals surface area contributed by atoms with Crippen molar-refractivity contribution in [3.05, 3.63) is 75.7 Å². The molecule has 8 heteroatoms. The van der Waals surface area contributed by atoms with Crippen LogP contribution >= 0.6 is 0 Å². The van der Waals surface area contributed by atoms with Crippen LogP contribution < -0.4 is 15.6 Å². The van der Waals surface area contributed by atoms with E-state index < -0.39 is 17.9 Å². The third kappa shape index (κ3) is 3.37. The maximum atomic E-state index is 13.5. The Morgan fingerprint density at radius 3 is 2.74 bits per heavy atom. The van der Waals surface area contributed by atoms with Crippen molar-refractivity contribution in [3.8, 4) is 17.0 Å². The van der Waals surface area contributed by atoms with Gasteiger partial charge in [-0.3, -0.25) is 9.59 Å². The molecule has 6 nitrogen and oxygen atoms in total. The Morgan fingerprint density at radius 1 is 1.19 bits per heavy atom. The number of aryl methyl sites for hydroxylation is 1. The van der Waals surface area contributed by atoms with Crippen LogP contribution in [0.25, 0.3) is 11.3 Å². The summed E-state index contributed by atoms with van der Waals surface area (Å²) in [6, 6.07) is 11.7. The summed E-state index contributed by atoms with van der Waals surface area (Å²) in [5.41, 5.74) is 1.71. The predicted molar refractivity (Wildman–Crippen MR) is 110 cm³/mol. The zero-order valence-corrected chi connectivity index (χ0v) is 16.7. The van der Waals surface area contributed by atoms with Gasteiger partial charge in [0.2, 0.25) is 5.91 Å². The zero-order valence-electron chi connectivity index (χ0n) is 16.7. The molecule has 1 aliphatic carbocycles. The molecule has 1 aromatic carbocycles. The van der Waals surface area contributed by atoms with Crippen LogP contribution in [0.3, 0.4) is 0 Å². The fourth-order valence-electron chi connectivity index (χ4n) is 4.00. The molecule has 1 fully saturated rings. The Kier molecular flexibility index (Phi) is 4.22. The second kappa shape index (κ2) is 6.73. The van der Waals surface area contributed by atoms with E-state index in [1.807, 2.05) is 6.92 Å². The summed E-state index contributed by atoms with van der Waals surface area (Å²) in [4.78, 5) is 32.4. The molecule has 3 aromatic rings. The number of nitrogens with zero attached hydrogens (tertiary/aromatic N) is 1. The number of aromatic nitrogens is 2. The number of nitrogens with one attached hydrogen (secondary N) is 2. The average Bonchev–Trinajstić information content (AvgIpc) is 3.47. The summed E-state index contributed by atoms with van der Waals surface area (Å²) in [6.07, 6.45) is -0.927. The first-order valence-electron chi connectivity index (χ1n) is 9.95. The topological polar surface area (TPSA) is 84.1 Å². The molecular weight excluding hydrogens is 404 g/mol. The maximum absolute atomic E-state index is 13.5. The number of pyridine rings is 2. The van der Waals surface area contributed by atoms with Crippen LogP contribution in [0.4, 0.5) is 14.6 Å². The number of anilines is 1. The number of aromatic amines is 1. The largest absolute Gasteiger partial charge is 0.432 e. The molecule has 1 saturated carbocycles. The van der Waals surface area contributed by atoms with E-state index in [4.69, 9.17) is 4.74 Å². The molecule has 5 rings (SSSR count). The summed E-state index contributed by atoms with van der Waals surface area (Å²) in [5.74, 6) is 0.186. The Balaban J connectivity index is 1.42. The van der Waals surface area contributed by atoms with Gasteiger partial charge in [0.15, 0.2) is 0 Å². The molecule has 31 heavy (non-hydrogen) atoms. The van der Waals surface area contributed by atoms with E-state index in [1.165, 1.54) is 0 Å². The van der Waals surface area contributed by atoms with E-state index in [9.17, 15) is 18.4 Å². The van der Waals surface area contributed by atoms with Gasteiger partial charge in [-0.15, -0.1) is 0 Å². The molecule has 0 atom stereocenters. The number of halogens is 2. The number of carbonyl (C=O) groups excluding carboxylic acids is 1. The predicted octanol–water partition coefficient (Wildman–Crippen LogP) is 3.94. The van der Waals surface area contributed by atoms with Crippen LogP contribution in [-0.2, 0) is 16.6 Å². The Bertz CT molecular complexity index is 1260. The minimum absolute atomic E-state index is 0.126. The second-order valence-corrected chi connectivity index (χ2v) is 8.05. The molecule has 0 radical (unpaired) electrons. The smallest absolute Gasteiger partial charge is 0.402 e. The quantitative estimate of drug-likeness (QED) is 0.666. The van der Waals surface area contributed by atoms with Gasteiger partial charge >= 0.3 is 6.11 Å². The Hall–Kier alpha value is -3.55. The number of H-pyrrole nitrogens is 1. The number of ether oxygens (including phenoxy) is 1. The van der Waals surface area contributed by atoms with E-state index in [0.717, 1.165) is 5.56 Å². The number of alkyl halides is 2. The summed E-state index contributed by atoms with van der Waals surface area (Å²) in [6.45, 7) is 1.84. The van der Waals surface area contributed by atoms with Crippen molar-refractivity contribution in [2.24, 2.45) is 0 Å². The van der Waals surface area contributed by atoms with Gasteiger partial charge in [-0.05, 0) is 55.2 Å². The normalized spacial score (nSPS) is 17.5. The van der Waals surface area contributed by atoms with Crippen LogP contribution in [0.15, 0.2) is 53.5 Å². The first-order valence-corrected chi connectivity index (χ1v) is 9.95. The van der Waals surface area contributed by atoms with Gasteiger partial charge in [-0.2, -0.15) is 8.78 Å². The number of benzene rings is 1. The van der Waals surface area contributed by atoms with Gasteiger partial charge in [0.05, 0.1) is 23.1 Å². The van der Waals surface area contributed by atoms with Crippen molar-refractivity contribution in [2.45, 2.75) is 37.7 Å². The van der Waals surface area contributed by atoms with E-state index in [-0.39, 0.29) is 17.2 Å². The van der Waals surface area contributed by atoms with Crippen molar-refractivity contribution < 1.29 is 18.3 Å². The van der Waals surface area contributed by atoms with Crippen molar-refractivity contribution in [1.29, 1.82) is 0 Å². The minimum Gasteiger partial charge on any atom is -0.432 e. The highest BCUT2D eigenvalue weighted by Gasteiger charge is 2.52. The third-order valence-corrected chi connectivity index (χ3v) is 5.87.